The van der Waals surface area contributed by atoms with E-state index < -0.39 is 10.0 Å². The number of sulfonamides is 1. The molecular weight excluding hydrogens is 238 g/mol. The van der Waals surface area contributed by atoms with Crippen LogP contribution in [-0.2, 0) is 14.8 Å². The Hall–Kier alpha value is -1.36. The van der Waals surface area contributed by atoms with Gasteiger partial charge in [-0.2, -0.15) is 0 Å². The molecule has 0 N–H and O–H groups in total. The van der Waals surface area contributed by atoms with E-state index in [1.807, 2.05) is 0 Å². The van der Waals surface area contributed by atoms with Crippen molar-refractivity contribution in [1.82, 2.24) is 4.31 Å². The van der Waals surface area contributed by atoms with Crippen molar-refractivity contribution in [1.29, 1.82) is 0 Å². The van der Waals surface area contributed by atoms with Crippen molar-refractivity contribution in [2.75, 3.05) is 0 Å². The summed E-state index contributed by atoms with van der Waals surface area (Å²) in [6.45, 7) is 5.03. The van der Waals surface area contributed by atoms with E-state index >= 15 is 0 Å². The van der Waals surface area contributed by atoms with E-state index in [0.29, 0.717) is 0 Å². The van der Waals surface area contributed by atoms with E-state index in [9.17, 15) is 13.2 Å². The van der Waals surface area contributed by atoms with Crippen molar-refractivity contribution >= 4 is 15.9 Å². The summed E-state index contributed by atoms with van der Waals surface area (Å²) >= 11 is 0. The smallest absolute Gasteiger partial charge is 0.266 e. The molecule has 0 spiro atoms. The predicted molar refractivity (Wildman–Crippen MR) is 65.9 cm³/mol. The van der Waals surface area contributed by atoms with Gasteiger partial charge in [0.25, 0.3) is 10.0 Å². The molecule has 0 aromatic heterocycles. The number of amides is 1. The highest BCUT2D eigenvalue weighted by Crippen LogP contribution is 2.18. The summed E-state index contributed by atoms with van der Waals surface area (Å²) in [5.74, 6) is -0.385. The monoisotopic (exact) mass is 255 g/mol. The molecule has 0 saturated heterocycles. The van der Waals surface area contributed by atoms with Crippen LogP contribution in [0.1, 0.15) is 27.2 Å². The second kappa shape index (κ2) is 5.31. The van der Waals surface area contributed by atoms with Gasteiger partial charge in [0.2, 0.25) is 5.91 Å². The van der Waals surface area contributed by atoms with E-state index in [1.54, 1.807) is 39.0 Å². The highest BCUT2D eigenvalue weighted by molar-refractivity contribution is 7.89. The first-order chi connectivity index (χ1) is 7.91. The first-order valence-electron chi connectivity index (χ1n) is 5.53. The highest BCUT2D eigenvalue weighted by atomic mass is 32.2. The summed E-state index contributed by atoms with van der Waals surface area (Å²) in [6.07, 6.45) is 0.171. The van der Waals surface area contributed by atoms with Crippen LogP contribution in [0.15, 0.2) is 35.2 Å². The molecule has 0 aliphatic rings. The largest absolute Gasteiger partial charge is 0.274 e. The van der Waals surface area contributed by atoms with Crippen LogP contribution in [0.3, 0.4) is 0 Å². The van der Waals surface area contributed by atoms with Gasteiger partial charge in [-0.1, -0.05) is 25.1 Å². The molecule has 0 bridgehead atoms. The number of carbonyl (C=O) groups excluding carboxylic acids is 1. The summed E-state index contributed by atoms with van der Waals surface area (Å²) < 4.78 is 25.5. The number of hydrogen-bond donors (Lipinski definition) is 0. The zero-order chi connectivity index (χ0) is 13.1. The van der Waals surface area contributed by atoms with E-state index in [4.69, 9.17) is 0 Å². The average molecular weight is 255 g/mol. The first-order valence-corrected chi connectivity index (χ1v) is 6.97. The Kier molecular flexibility index (Phi) is 4.28. The fourth-order valence-corrected chi connectivity index (χ4v) is 3.24. The summed E-state index contributed by atoms with van der Waals surface area (Å²) in [5, 5.41) is 0. The molecule has 0 fully saturated rings. The Labute approximate surface area is 102 Å². The van der Waals surface area contributed by atoms with Gasteiger partial charge in [0, 0.05) is 12.5 Å². The van der Waals surface area contributed by atoms with E-state index in [2.05, 4.69) is 0 Å². The van der Waals surface area contributed by atoms with Crippen LogP contribution in [0, 0.1) is 0 Å². The topological polar surface area (TPSA) is 54.5 Å². The van der Waals surface area contributed by atoms with Crippen LogP contribution in [0.2, 0.25) is 0 Å². The quantitative estimate of drug-likeness (QED) is 0.827. The third-order valence-electron chi connectivity index (χ3n) is 2.32. The van der Waals surface area contributed by atoms with Gasteiger partial charge < -0.3 is 0 Å². The minimum absolute atomic E-state index is 0.149. The van der Waals surface area contributed by atoms with Crippen LogP contribution in [0.25, 0.3) is 0 Å². The summed E-state index contributed by atoms with van der Waals surface area (Å²) in [7, 11) is -3.73. The zero-order valence-corrected chi connectivity index (χ0v) is 11.1. The lowest BCUT2D eigenvalue weighted by molar-refractivity contribution is -0.127. The molecule has 17 heavy (non-hydrogen) atoms. The van der Waals surface area contributed by atoms with Gasteiger partial charge in [0.1, 0.15) is 0 Å². The molecule has 4 nitrogen and oxygen atoms in total. The maximum absolute atomic E-state index is 12.3. The molecule has 0 aliphatic heterocycles. The lowest BCUT2D eigenvalue weighted by Crippen LogP contribution is -2.41. The molecule has 1 aromatic carbocycles. The van der Waals surface area contributed by atoms with Crippen molar-refractivity contribution in [2.24, 2.45) is 0 Å². The molecule has 94 valence electrons. The minimum Gasteiger partial charge on any atom is -0.274 e. The van der Waals surface area contributed by atoms with Crippen molar-refractivity contribution in [2.45, 2.75) is 38.1 Å². The number of carbonyl (C=O) groups is 1. The lowest BCUT2D eigenvalue weighted by Gasteiger charge is -2.25. The van der Waals surface area contributed by atoms with Crippen molar-refractivity contribution in [3.63, 3.8) is 0 Å². The molecule has 1 rings (SSSR count). The van der Waals surface area contributed by atoms with Crippen molar-refractivity contribution < 1.29 is 13.2 Å². The Morgan fingerprint density at radius 3 is 2.18 bits per heavy atom. The van der Waals surface area contributed by atoms with E-state index in [1.165, 1.54) is 12.1 Å². The van der Waals surface area contributed by atoms with Gasteiger partial charge in [0.15, 0.2) is 0 Å². The molecule has 0 radical (unpaired) electrons. The second-order valence-corrected chi connectivity index (χ2v) is 5.77. The fourth-order valence-electron chi connectivity index (χ4n) is 1.56. The Balaban J connectivity index is 3.24. The predicted octanol–water partition coefficient (Wildman–Crippen LogP) is 2.02. The molecule has 5 heteroatoms. The molecule has 0 aliphatic carbocycles. The van der Waals surface area contributed by atoms with Gasteiger partial charge in [-0.3, -0.25) is 4.79 Å². The van der Waals surface area contributed by atoms with E-state index in [-0.39, 0.29) is 23.3 Å². The maximum atomic E-state index is 12.3. The number of rotatable bonds is 4. The molecule has 0 atom stereocenters. The number of benzene rings is 1. The highest BCUT2D eigenvalue weighted by Gasteiger charge is 2.30. The molecule has 1 amide bonds. The third-order valence-corrected chi connectivity index (χ3v) is 4.33. The van der Waals surface area contributed by atoms with Gasteiger partial charge >= 0.3 is 0 Å². The first kappa shape index (κ1) is 13.7. The lowest BCUT2D eigenvalue weighted by atomic mass is 10.3. The van der Waals surface area contributed by atoms with E-state index in [0.717, 1.165) is 4.31 Å². The second-order valence-electron chi connectivity index (χ2n) is 3.95. The maximum Gasteiger partial charge on any atom is 0.266 e. The minimum atomic E-state index is -3.73. The molecular formula is C12H17NO3S. The van der Waals surface area contributed by atoms with Gasteiger partial charge in [-0.15, -0.1) is 0 Å². The summed E-state index contributed by atoms with van der Waals surface area (Å²) in [6, 6.07) is 7.62. The van der Waals surface area contributed by atoms with Crippen LogP contribution in [0.4, 0.5) is 0 Å². The Morgan fingerprint density at radius 1 is 1.24 bits per heavy atom. The SMILES string of the molecule is CCC(=O)N(C(C)C)S(=O)(=O)c1ccccc1. The fraction of sp³-hybridized carbons (Fsp3) is 0.417. The van der Waals surface area contributed by atoms with Crippen LogP contribution < -0.4 is 0 Å². The molecule has 1 aromatic rings. The van der Waals surface area contributed by atoms with Crippen molar-refractivity contribution in [3.05, 3.63) is 30.3 Å². The zero-order valence-electron chi connectivity index (χ0n) is 10.3. The standard InChI is InChI=1S/C12H17NO3S/c1-4-12(14)13(10(2)3)17(15,16)11-8-6-5-7-9-11/h5-10H,4H2,1-3H3. The van der Waals surface area contributed by atoms with Crippen LogP contribution >= 0.6 is 0 Å². The van der Waals surface area contributed by atoms with Crippen molar-refractivity contribution in [3.8, 4) is 0 Å². The molecule has 0 heterocycles. The van der Waals surface area contributed by atoms with Gasteiger partial charge in [-0.25, -0.2) is 12.7 Å². The Bertz CT molecular complexity index is 480. The third kappa shape index (κ3) is 2.85. The molecule has 0 saturated carbocycles. The number of hydrogen-bond acceptors (Lipinski definition) is 3. The van der Waals surface area contributed by atoms with Gasteiger partial charge in [0.05, 0.1) is 4.90 Å². The van der Waals surface area contributed by atoms with Crippen LogP contribution in [0.5, 0.6) is 0 Å². The Morgan fingerprint density at radius 2 is 1.76 bits per heavy atom. The van der Waals surface area contributed by atoms with Crippen LogP contribution in [-0.4, -0.2) is 24.7 Å². The average Bonchev–Trinajstić information content (AvgIpc) is 2.29. The van der Waals surface area contributed by atoms with Gasteiger partial charge in [-0.05, 0) is 26.0 Å². The summed E-state index contributed by atoms with van der Waals surface area (Å²) in [5.41, 5.74) is 0. The normalized spacial score (nSPS) is 11.5. The number of nitrogens with zero attached hydrogens (tertiary/aromatic N) is 1. The summed E-state index contributed by atoms with van der Waals surface area (Å²) in [4.78, 5) is 11.9. The molecule has 0 unspecified atom stereocenters.